The smallest absolute Gasteiger partial charge is 0.123 e. The summed E-state index contributed by atoms with van der Waals surface area (Å²) in [6.45, 7) is 4.73. The van der Waals surface area contributed by atoms with E-state index in [9.17, 15) is 4.39 Å². The minimum Gasteiger partial charge on any atom is -0.393 e. The van der Waals surface area contributed by atoms with E-state index in [1.165, 1.54) is 6.07 Å². The quantitative estimate of drug-likeness (QED) is 0.853. The molecule has 4 heteroatoms. The van der Waals surface area contributed by atoms with Gasteiger partial charge in [0.25, 0.3) is 0 Å². The molecule has 1 aliphatic heterocycles. The Kier molecular flexibility index (Phi) is 4.30. The fraction of sp³-hybridized carbons (Fsp3) is 0.500. The van der Waals surface area contributed by atoms with Crippen LogP contribution < -0.4 is 5.73 Å². The third-order valence-corrected chi connectivity index (χ3v) is 3.95. The molecule has 0 saturated carbocycles. The number of halogens is 1. The molecule has 98 valence electrons. The van der Waals surface area contributed by atoms with Gasteiger partial charge in [0, 0.05) is 19.0 Å². The van der Waals surface area contributed by atoms with Crippen LogP contribution in [0.2, 0.25) is 0 Å². The lowest BCUT2D eigenvalue weighted by Crippen LogP contribution is -2.40. The van der Waals surface area contributed by atoms with Crippen molar-refractivity contribution in [1.29, 1.82) is 0 Å². The molecule has 2 nitrogen and oxygen atoms in total. The number of nitrogens with two attached hydrogens (primary N) is 1. The summed E-state index contributed by atoms with van der Waals surface area (Å²) in [5.74, 6) is 0.140. The number of thiocarbonyl (C=S) groups is 1. The van der Waals surface area contributed by atoms with Crippen molar-refractivity contribution in [3.63, 3.8) is 0 Å². The molecule has 1 unspecified atom stereocenters. The molecule has 0 aliphatic carbocycles. The van der Waals surface area contributed by atoms with Gasteiger partial charge in [-0.3, -0.25) is 4.90 Å². The summed E-state index contributed by atoms with van der Waals surface area (Å²) in [4.78, 5) is 2.92. The van der Waals surface area contributed by atoms with Gasteiger partial charge in [-0.25, -0.2) is 4.39 Å². The van der Waals surface area contributed by atoms with Crippen molar-refractivity contribution < 1.29 is 4.39 Å². The highest BCUT2D eigenvalue weighted by atomic mass is 32.1. The first-order valence-electron chi connectivity index (χ1n) is 6.33. The molecule has 1 fully saturated rings. The predicted molar refractivity (Wildman–Crippen MR) is 75.9 cm³/mol. The van der Waals surface area contributed by atoms with E-state index in [1.807, 2.05) is 13.0 Å². The number of hydrogen-bond acceptors (Lipinski definition) is 2. The lowest BCUT2D eigenvalue weighted by molar-refractivity contribution is 0.196. The summed E-state index contributed by atoms with van der Waals surface area (Å²) in [6.07, 6.45) is 2.18. The minimum absolute atomic E-state index is 0.168. The number of piperidine rings is 1. The number of nitrogens with zero attached hydrogens (tertiary/aromatic N) is 1. The molecule has 0 spiro atoms. The molecule has 2 rings (SSSR count). The first-order chi connectivity index (χ1) is 8.56. The van der Waals surface area contributed by atoms with Crippen molar-refractivity contribution in [3.8, 4) is 0 Å². The second-order valence-electron chi connectivity index (χ2n) is 5.05. The summed E-state index contributed by atoms with van der Waals surface area (Å²) in [7, 11) is 0. The normalized spacial score (nSPS) is 20.9. The van der Waals surface area contributed by atoms with Crippen molar-refractivity contribution >= 4 is 17.2 Å². The first kappa shape index (κ1) is 13.4. The van der Waals surface area contributed by atoms with E-state index in [0.717, 1.165) is 43.6 Å². The Morgan fingerprint density at radius 2 is 2.33 bits per heavy atom. The van der Waals surface area contributed by atoms with E-state index in [-0.39, 0.29) is 5.82 Å². The fourth-order valence-electron chi connectivity index (χ4n) is 2.48. The highest BCUT2D eigenvalue weighted by Gasteiger charge is 2.22. The van der Waals surface area contributed by atoms with Gasteiger partial charge < -0.3 is 5.73 Å². The Labute approximate surface area is 113 Å². The molecule has 1 saturated heterocycles. The zero-order chi connectivity index (χ0) is 13.1. The standard InChI is InChI=1S/C14H19FN2S/c1-10-4-5-13(15)7-12(10)9-17-6-2-3-11(8-17)14(16)18/h4-5,7,11H,2-3,6,8-9H2,1H3,(H2,16,18). The molecule has 0 radical (unpaired) electrons. The molecule has 1 heterocycles. The molecule has 1 atom stereocenters. The van der Waals surface area contributed by atoms with Crippen molar-refractivity contribution in [2.75, 3.05) is 13.1 Å². The summed E-state index contributed by atoms with van der Waals surface area (Å²) in [5, 5.41) is 0. The van der Waals surface area contributed by atoms with Crippen LogP contribution in [0.4, 0.5) is 4.39 Å². The maximum atomic E-state index is 13.2. The van der Waals surface area contributed by atoms with Gasteiger partial charge in [0.2, 0.25) is 0 Å². The van der Waals surface area contributed by atoms with Gasteiger partial charge in [0.1, 0.15) is 5.82 Å². The maximum Gasteiger partial charge on any atom is 0.123 e. The highest BCUT2D eigenvalue weighted by Crippen LogP contribution is 2.20. The van der Waals surface area contributed by atoms with Crippen LogP contribution in [0.3, 0.4) is 0 Å². The number of rotatable bonds is 3. The molecule has 0 amide bonds. The number of benzene rings is 1. The Bertz CT molecular complexity index is 447. The summed E-state index contributed by atoms with van der Waals surface area (Å²) in [6, 6.07) is 4.96. The van der Waals surface area contributed by atoms with Crippen LogP contribution in [0.1, 0.15) is 24.0 Å². The Morgan fingerprint density at radius 1 is 1.56 bits per heavy atom. The number of likely N-dealkylation sites (tertiary alicyclic amines) is 1. The largest absolute Gasteiger partial charge is 0.393 e. The summed E-state index contributed by atoms with van der Waals surface area (Å²) in [5.41, 5.74) is 7.91. The van der Waals surface area contributed by atoms with E-state index in [1.54, 1.807) is 6.07 Å². The molecule has 0 aromatic heterocycles. The zero-order valence-electron chi connectivity index (χ0n) is 10.7. The number of hydrogen-bond donors (Lipinski definition) is 1. The molecular formula is C14H19FN2S. The van der Waals surface area contributed by atoms with Gasteiger partial charge in [-0.05, 0) is 49.6 Å². The van der Waals surface area contributed by atoms with Crippen LogP contribution in [-0.2, 0) is 6.54 Å². The Balaban J connectivity index is 2.04. The topological polar surface area (TPSA) is 29.3 Å². The Morgan fingerprint density at radius 3 is 3.06 bits per heavy atom. The molecule has 2 N–H and O–H groups in total. The molecule has 0 bridgehead atoms. The van der Waals surface area contributed by atoms with Crippen molar-refractivity contribution in [2.45, 2.75) is 26.3 Å². The summed E-state index contributed by atoms with van der Waals surface area (Å²) < 4.78 is 13.2. The van der Waals surface area contributed by atoms with Crippen LogP contribution in [0.5, 0.6) is 0 Å². The van der Waals surface area contributed by atoms with Gasteiger partial charge in [-0.15, -0.1) is 0 Å². The monoisotopic (exact) mass is 266 g/mol. The van der Waals surface area contributed by atoms with Gasteiger partial charge in [-0.1, -0.05) is 18.3 Å². The average molecular weight is 266 g/mol. The van der Waals surface area contributed by atoms with E-state index >= 15 is 0 Å². The molecule has 1 aromatic rings. The van der Waals surface area contributed by atoms with Crippen molar-refractivity contribution in [1.82, 2.24) is 4.90 Å². The number of aryl methyl sites for hydroxylation is 1. The van der Waals surface area contributed by atoms with E-state index in [2.05, 4.69) is 4.90 Å². The zero-order valence-corrected chi connectivity index (χ0v) is 11.5. The lowest BCUT2D eigenvalue weighted by atomic mass is 9.97. The van der Waals surface area contributed by atoms with Crippen LogP contribution in [0.25, 0.3) is 0 Å². The Hall–Kier alpha value is -1.00. The third-order valence-electron chi connectivity index (χ3n) is 3.61. The summed E-state index contributed by atoms with van der Waals surface area (Å²) >= 11 is 5.07. The van der Waals surface area contributed by atoms with Gasteiger partial charge in [-0.2, -0.15) is 0 Å². The SMILES string of the molecule is Cc1ccc(F)cc1CN1CCCC(C(N)=S)C1. The van der Waals surface area contributed by atoms with Crippen molar-refractivity contribution in [2.24, 2.45) is 11.7 Å². The van der Waals surface area contributed by atoms with E-state index < -0.39 is 0 Å². The van der Waals surface area contributed by atoms with Crippen LogP contribution in [0, 0.1) is 18.7 Å². The lowest BCUT2D eigenvalue weighted by Gasteiger charge is -2.32. The van der Waals surface area contributed by atoms with Crippen LogP contribution in [-0.4, -0.2) is 23.0 Å². The average Bonchev–Trinajstić information content (AvgIpc) is 2.34. The second kappa shape index (κ2) is 5.76. The minimum atomic E-state index is -0.168. The van der Waals surface area contributed by atoms with Crippen molar-refractivity contribution in [3.05, 3.63) is 35.1 Å². The highest BCUT2D eigenvalue weighted by molar-refractivity contribution is 7.80. The predicted octanol–water partition coefficient (Wildman–Crippen LogP) is 2.63. The first-order valence-corrected chi connectivity index (χ1v) is 6.74. The van der Waals surface area contributed by atoms with Gasteiger partial charge in [0.05, 0.1) is 4.99 Å². The molecule has 18 heavy (non-hydrogen) atoms. The van der Waals surface area contributed by atoms with E-state index in [0.29, 0.717) is 10.9 Å². The fourth-order valence-corrected chi connectivity index (χ4v) is 2.68. The molecule has 1 aliphatic rings. The molecular weight excluding hydrogens is 247 g/mol. The van der Waals surface area contributed by atoms with Gasteiger partial charge >= 0.3 is 0 Å². The van der Waals surface area contributed by atoms with Crippen LogP contribution in [0.15, 0.2) is 18.2 Å². The third kappa shape index (κ3) is 3.27. The van der Waals surface area contributed by atoms with E-state index in [4.69, 9.17) is 18.0 Å². The van der Waals surface area contributed by atoms with Gasteiger partial charge in [0.15, 0.2) is 0 Å². The maximum absolute atomic E-state index is 13.2. The molecule has 1 aromatic carbocycles. The van der Waals surface area contributed by atoms with Crippen LogP contribution >= 0.6 is 12.2 Å². The second-order valence-corrected chi connectivity index (χ2v) is 5.52.